The van der Waals surface area contributed by atoms with Crippen LogP contribution in [0.25, 0.3) is 0 Å². The van der Waals surface area contributed by atoms with Crippen LogP contribution in [0.2, 0.25) is 0 Å². The largest absolute Gasteiger partial charge is 0.388 e. The van der Waals surface area contributed by atoms with Crippen molar-refractivity contribution in [3.05, 3.63) is 34.9 Å². The van der Waals surface area contributed by atoms with E-state index in [9.17, 15) is 5.11 Å². The quantitative estimate of drug-likeness (QED) is 0.635. The molecular formula is C17H28O. The van der Waals surface area contributed by atoms with Gasteiger partial charge in [-0.05, 0) is 31.4 Å². The molecule has 0 fully saturated rings. The van der Waals surface area contributed by atoms with Crippen molar-refractivity contribution < 1.29 is 5.11 Å². The third-order valence-electron chi connectivity index (χ3n) is 3.62. The normalized spacial score (nSPS) is 12.7. The van der Waals surface area contributed by atoms with Crippen molar-refractivity contribution in [1.82, 2.24) is 0 Å². The van der Waals surface area contributed by atoms with Crippen LogP contribution in [0.5, 0.6) is 0 Å². The number of aliphatic hydroxyl groups excluding tert-OH is 1. The van der Waals surface area contributed by atoms with Crippen molar-refractivity contribution in [3.8, 4) is 0 Å². The van der Waals surface area contributed by atoms with Crippen LogP contribution in [0, 0.1) is 13.8 Å². The van der Waals surface area contributed by atoms with Crippen LogP contribution in [-0.2, 0) is 0 Å². The van der Waals surface area contributed by atoms with E-state index in [-0.39, 0.29) is 6.10 Å². The first-order chi connectivity index (χ1) is 8.65. The van der Waals surface area contributed by atoms with Crippen molar-refractivity contribution in [2.45, 2.75) is 71.8 Å². The highest BCUT2D eigenvalue weighted by Gasteiger charge is 2.09. The van der Waals surface area contributed by atoms with E-state index in [0.717, 1.165) is 18.4 Å². The lowest BCUT2D eigenvalue weighted by molar-refractivity contribution is 0.162. The first-order valence-corrected chi connectivity index (χ1v) is 7.40. The third-order valence-corrected chi connectivity index (χ3v) is 3.62. The second kappa shape index (κ2) is 8.31. The van der Waals surface area contributed by atoms with Crippen LogP contribution >= 0.6 is 0 Å². The molecule has 1 aromatic rings. The maximum Gasteiger partial charge on any atom is 0.0792 e. The van der Waals surface area contributed by atoms with Gasteiger partial charge in [0.05, 0.1) is 6.10 Å². The van der Waals surface area contributed by atoms with Gasteiger partial charge in [0.15, 0.2) is 0 Å². The lowest BCUT2D eigenvalue weighted by Gasteiger charge is -2.14. The van der Waals surface area contributed by atoms with Crippen molar-refractivity contribution in [2.75, 3.05) is 0 Å². The van der Waals surface area contributed by atoms with E-state index >= 15 is 0 Å². The van der Waals surface area contributed by atoms with E-state index in [0.29, 0.717) is 0 Å². The summed E-state index contributed by atoms with van der Waals surface area (Å²) in [6.07, 6.45) is 8.31. The van der Waals surface area contributed by atoms with Crippen molar-refractivity contribution in [2.24, 2.45) is 0 Å². The summed E-state index contributed by atoms with van der Waals surface area (Å²) in [5.41, 5.74) is 3.59. The molecule has 0 saturated carbocycles. The molecule has 0 aliphatic rings. The summed E-state index contributed by atoms with van der Waals surface area (Å²) in [5, 5.41) is 10.2. The van der Waals surface area contributed by atoms with Gasteiger partial charge in [0.25, 0.3) is 0 Å². The van der Waals surface area contributed by atoms with Gasteiger partial charge in [-0.1, -0.05) is 69.2 Å². The molecule has 0 aliphatic carbocycles. The zero-order valence-corrected chi connectivity index (χ0v) is 12.2. The van der Waals surface area contributed by atoms with Crippen LogP contribution in [0.15, 0.2) is 18.2 Å². The summed E-state index contributed by atoms with van der Waals surface area (Å²) in [4.78, 5) is 0. The Bertz CT molecular complexity index is 343. The van der Waals surface area contributed by atoms with Gasteiger partial charge in [-0.25, -0.2) is 0 Å². The molecule has 0 bridgehead atoms. The zero-order valence-electron chi connectivity index (χ0n) is 12.2. The van der Waals surface area contributed by atoms with Crippen molar-refractivity contribution in [3.63, 3.8) is 0 Å². The molecular weight excluding hydrogens is 220 g/mol. The molecule has 0 spiro atoms. The van der Waals surface area contributed by atoms with E-state index in [4.69, 9.17) is 0 Å². The number of unbranched alkanes of at least 4 members (excludes halogenated alkanes) is 5. The fourth-order valence-electron chi connectivity index (χ4n) is 2.47. The third kappa shape index (κ3) is 5.22. The van der Waals surface area contributed by atoms with Gasteiger partial charge in [-0.3, -0.25) is 0 Å². The summed E-state index contributed by atoms with van der Waals surface area (Å²) in [6.45, 7) is 6.42. The molecule has 1 heteroatoms. The van der Waals surface area contributed by atoms with Crippen LogP contribution < -0.4 is 0 Å². The highest BCUT2D eigenvalue weighted by molar-refractivity contribution is 5.31. The Labute approximate surface area is 112 Å². The number of aryl methyl sites for hydroxylation is 2. The molecule has 0 aliphatic heterocycles. The Balaban J connectivity index is 2.29. The second-order valence-corrected chi connectivity index (χ2v) is 5.43. The smallest absolute Gasteiger partial charge is 0.0792 e. The number of rotatable bonds is 8. The first-order valence-electron chi connectivity index (χ1n) is 7.40. The standard InChI is InChI=1S/C17H28O/c1-4-5-6-7-8-9-10-17(18)16-12-11-14(2)13-15(16)3/h11-13,17-18H,4-10H2,1-3H3. The molecule has 0 radical (unpaired) electrons. The average Bonchev–Trinajstić information content (AvgIpc) is 2.33. The van der Waals surface area contributed by atoms with E-state index in [1.807, 2.05) is 0 Å². The summed E-state index contributed by atoms with van der Waals surface area (Å²) < 4.78 is 0. The zero-order chi connectivity index (χ0) is 13.4. The van der Waals surface area contributed by atoms with E-state index < -0.39 is 0 Å². The van der Waals surface area contributed by atoms with Crippen LogP contribution in [0.1, 0.15) is 74.7 Å². The Morgan fingerprint density at radius 1 is 1.00 bits per heavy atom. The Hall–Kier alpha value is -0.820. The fourth-order valence-corrected chi connectivity index (χ4v) is 2.47. The maximum atomic E-state index is 10.2. The Morgan fingerprint density at radius 3 is 2.33 bits per heavy atom. The van der Waals surface area contributed by atoms with Gasteiger partial charge in [0, 0.05) is 0 Å². The number of hydrogen-bond donors (Lipinski definition) is 1. The Kier molecular flexibility index (Phi) is 7.04. The molecule has 1 unspecified atom stereocenters. The molecule has 102 valence electrons. The minimum absolute atomic E-state index is 0.281. The summed E-state index contributed by atoms with van der Waals surface area (Å²) >= 11 is 0. The molecule has 0 aromatic heterocycles. The number of hydrogen-bond acceptors (Lipinski definition) is 1. The van der Waals surface area contributed by atoms with Gasteiger partial charge in [0.1, 0.15) is 0 Å². The van der Waals surface area contributed by atoms with E-state index in [2.05, 4.69) is 39.0 Å². The van der Waals surface area contributed by atoms with Crippen molar-refractivity contribution in [1.29, 1.82) is 0 Å². The number of aliphatic hydroxyl groups is 1. The molecule has 1 N–H and O–H groups in total. The molecule has 0 saturated heterocycles. The topological polar surface area (TPSA) is 20.2 Å². The number of benzene rings is 1. The van der Waals surface area contributed by atoms with Crippen molar-refractivity contribution >= 4 is 0 Å². The Morgan fingerprint density at radius 2 is 1.67 bits per heavy atom. The summed E-state index contributed by atoms with van der Waals surface area (Å²) in [7, 11) is 0. The van der Waals surface area contributed by atoms with Gasteiger partial charge >= 0.3 is 0 Å². The lowest BCUT2D eigenvalue weighted by atomic mass is 9.97. The molecule has 1 rings (SSSR count). The molecule has 1 atom stereocenters. The average molecular weight is 248 g/mol. The highest BCUT2D eigenvalue weighted by atomic mass is 16.3. The summed E-state index contributed by atoms with van der Waals surface area (Å²) in [5.74, 6) is 0. The SMILES string of the molecule is CCCCCCCCC(O)c1ccc(C)cc1C. The predicted octanol–water partition coefficient (Wildman–Crippen LogP) is 5.09. The van der Waals surface area contributed by atoms with E-state index in [1.54, 1.807) is 0 Å². The monoisotopic (exact) mass is 248 g/mol. The van der Waals surface area contributed by atoms with Gasteiger partial charge in [-0.2, -0.15) is 0 Å². The molecule has 0 heterocycles. The van der Waals surface area contributed by atoms with Crippen LogP contribution in [0.3, 0.4) is 0 Å². The van der Waals surface area contributed by atoms with Gasteiger partial charge < -0.3 is 5.11 Å². The maximum absolute atomic E-state index is 10.2. The summed E-state index contributed by atoms with van der Waals surface area (Å²) in [6, 6.07) is 6.32. The lowest BCUT2D eigenvalue weighted by Crippen LogP contribution is -2.00. The minimum atomic E-state index is -0.281. The molecule has 1 aromatic carbocycles. The first kappa shape index (κ1) is 15.2. The predicted molar refractivity (Wildman–Crippen MR) is 78.9 cm³/mol. The highest BCUT2D eigenvalue weighted by Crippen LogP contribution is 2.23. The molecule has 0 amide bonds. The second-order valence-electron chi connectivity index (χ2n) is 5.43. The van der Waals surface area contributed by atoms with Crippen LogP contribution in [0.4, 0.5) is 0 Å². The fraction of sp³-hybridized carbons (Fsp3) is 0.647. The molecule has 18 heavy (non-hydrogen) atoms. The van der Waals surface area contributed by atoms with Crippen LogP contribution in [-0.4, -0.2) is 5.11 Å². The van der Waals surface area contributed by atoms with Gasteiger partial charge in [0.2, 0.25) is 0 Å². The van der Waals surface area contributed by atoms with Gasteiger partial charge in [-0.15, -0.1) is 0 Å². The molecule has 1 nitrogen and oxygen atoms in total. The van der Waals surface area contributed by atoms with E-state index in [1.165, 1.54) is 43.2 Å². The minimum Gasteiger partial charge on any atom is -0.388 e.